The van der Waals surface area contributed by atoms with E-state index in [4.69, 9.17) is 4.74 Å². The van der Waals surface area contributed by atoms with Crippen LogP contribution in [0.1, 0.15) is 31.9 Å². The van der Waals surface area contributed by atoms with Crippen LogP contribution in [0.2, 0.25) is 0 Å². The van der Waals surface area contributed by atoms with Gasteiger partial charge >= 0.3 is 6.09 Å². The molecule has 0 bridgehead atoms. The molecule has 5 heteroatoms. The van der Waals surface area contributed by atoms with Crippen LogP contribution < -0.4 is 10.6 Å². The third-order valence-corrected chi connectivity index (χ3v) is 5.78. The molecule has 1 amide bonds. The van der Waals surface area contributed by atoms with Gasteiger partial charge in [-0.15, -0.1) is 11.8 Å². The second kappa shape index (κ2) is 11.6. The molecule has 0 heterocycles. The van der Waals surface area contributed by atoms with E-state index in [0.29, 0.717) is 6.54 Å². The number of rotatable bonds is 9. The Kier molecular flexibility index (Phi) is 8.63. The molecule has 4 nitrogen and oxygen atoms in total. The van der Waals surface area contributed by atoms with E-state index in [1.54, 1.807) is 0 Å². The molecule has 0 aliphatic rings. The van der Waals surface area contributed by atoms with Crippen LogP contribution in [0, 0.1) is 0 Å². The van der Waals surface area contributed by atoms with Crippen molar-refractivity contribution in [3.05, 3.63) is 96.1 Å². The second-order valence-electron chi connectivity index (χ2n) is 8.71. The van der Waals surface area contributed by atoms with Crippen molar-refractivity contribution >= 4 is 23.5 Å². The fourth-order valence-electron chi connectivity index (χ4n) is 3.20. The van der Waals surface area contributed by atoms with Gasteiger partial charge in [0.1, 0.15) is 5.60 Å². The Morgan fingerprint density at radius 3 is 2.06 bits per heavy atom. The molecule has 0 aliphatic carbocycles. The minimum absolute atomic E-state index is 0.0978. The lowest BCUT2D eigenvalue weighted by molar-refractivity contribution is 0.0507. The highest BCUT2D eigenvalue weighted by Gasteiger charge is 2.19. The maximum Gasteiger partial charge on any atom is 0.407 e. The Labute approximate surface area is 195 Å². The Morgan fingerprint density at radius 1 is 0.875 bits per heavy atom. The van der Waals surface area contributed by atoms with E-state index in [-0.39, 0.29) is 6.04 Å². The van der Waals surface area contributed by atoms with Gasteiger partial charge in [-0.2, -0.15) is 0 Å². The summed E-state index contributed by atoms with van der Waals surface area (Å²) in [5.74, 6) is 0.951. The van der Waals surface area contributed by atoms with Gasteiger partial charge in [0.2, 0.25) is 0 Å². The summed E-state index contributed by atoms with van der Waals surface area (Å²) in [5.41, 5.74) is 2.99. The van der Waals surface area contributed by atoms with Crippen molar-refractivity contribution in [3.8, 4) is 0 Å². The first-order chi connectivity index (χ1) is 15.4. The SMILES string of the molecule is CC(C)(C)OC(=O)N[C@H](CNc1ccc(SCc2ccccc2)cc1)Cc1ccccc1. The van der Waals surface area contributed by atoms with E-state index in [1.165, 1.54) is 16.0 Å². The molecule has 3 rings (SSSR count). The van der Waals surface area contributed by atoms with Crippen molar-refractivity contribution in [1.82, 2.24) is 5.32 Å². The number of thioether (sulfide) groups is 1. The number of benzene rings is 3. The molecule has 0 saturated heterocycles. The zero-order chi connectivity index (χ0) is 22.8. The summed E-state index contributed by atoms with van der Waals surface area (Å²) in [7, 11) is 0. The molecule has 0 unspecified atom stereocenters. The fourth-order valence-corrected chi connectivity index (χ4v) is 4.05. The van der Waals surface area contributed by atoms with Crippen molar-refractivity contribution in [2.24, 2.45) is 0 Å². The first-order valence-corrected chi connectivity index (χ1v) is 11.9. The van der Waals surface area contributed by atoms with Crippen LogP contribution in [-0.4, -0.2) is 24.3 Å². The molecule has 2 N–H and O–H groups in total. The van der Waals surface area contributed by atoms with E-state index in [2.05, 4.69) is 71.3 Å². The van der Waals surface area contributed by atoms with Gasteiger partial charge in [0.05, 0.1) is 6.04 Å². The van der Waals surface area contributed by atoms with Gasteiger partial charge in [-0.25, -0.2) is 4.79 Å². The van der Waals surface area contributed by atoms with E-state index in [0.717, 1.165) is 17.9 Å². The Bertz CT molecular complexity index is 954. The minimum atomic E-state index is -0.526. The van der Waals surface area contributed by atoms with E-state index in [1.807, 2.05) is 56.8 Å². The van der Waals surface area contributed by atoms with Crippen molar-refractivity contribution in [2.45, 2.75) is 49.5 Å². The summed E-state index contributed by atoms with van der Waals surface area (Å²) in [5, 5.41) is 6.47. The molecule has 0 aliphatic heterocycles. The second-order valence-corrected chi connectivity index (χ2v) is 9.76. The van der Waals surface area contributed by atoms with Crippen molar-refractivity contribution < 1.29 is 9.53 Å². The Hall–Kier alpha value is -2.92. The van der Waals surface area contributed by atoms with Crippen LogP contribution in [0.5, 0.6) is 0 Å². The Morgan fingerprint density at radius 2 is 1.47 bits per heavy atom. The van der Waals surface area contributed by atoms with Gasteiger partial charge in [0.15, 0.2) is 0 Å². The molecule has 0 radical (unpaired) electrons. The number of amides is 1. The molecule has 0 saturated carbocycles. The molecule has 0 aromatic heterocycles. The molecule has 3 aromatic carbocycles. The van der Waals surface area contributed by atoms with Crippen LogP contribution in [0.4, 0.5) is 10.5 Å². The summed E-state index contributed by atoms with van der Waals surface area (Å²) in [6.07, 6.45) is 0.325. The zero-order valence-corrected chi connectivity index (χ0v) is 19.8. The van der Waals surface area contributed by atoms with Gasteiger partial charge in [0, 0.05) is 22.9 Å². The Balaban J connectivity index is 1.56. The van der Waals surface area contributed by atoms with Crippen LogP contribution in [0.3, 0.4) is 0 Å². The summed E-state index contributed by atoms with van der Waals surface area (Å²) >= 11 is 1.82. The molecule has 0 spiro atoms. The fraction of sp³-hybridized carbons (Fsp3) is 0.296. The van der Waals surface area contributed by atoms with E-state index < -0.39 is 11.7 Å². The molecule has 168 valence electrons. The number of carbonyl (C=O) groups excluding carboxylic acids is 1. The first kappa shape index (κ1) is 23.7. The number of alkyl carbamates (subject to hydrolysis) is 1. The molecule has 0 fully saturated rings. The number of nitrogens with one attached hydrogen (secondary N) is 2. The van der Waals surface area contributed by atoms with Gasteiger partial charge in [-0.1, -0.05) is 60.7 Å². The number of carbonyl (C=O) groups is 1. The van der Waals surface area contributed by atoms with E-state index >= 15 is 0 Å². The van der Waals surface area contributed by atoms with Gasteiger partial charge in [0.25, 0.3) is 0 Å². The largest absolute Gasteiger partial charge is 0.444 e. The number of ether oxygens (including phenoxy) is 1. The number of hydrogen-bond donors (Lipinski definition) is 2. The summed E-state index contributed by atoms with van der Waals surface area (Å²) in [6.45, 7) is 6.21. The average Bonchev–Trinajstić information content (AvgIpc) is 2.77. The smallest absolute Gasteiger partial charge is 0.407 e. The monoisotopic (exact) mass is 448 g/mol. The summed E-state index contributed by atoms with van der Waals surface area (Å²) in [4.78, 5) is 13.6. The lowest BCUT2D eigenvalue weighted by atomic mass is 10.1. The first-order valence-electron chi connectivity index (χ1n) is 10.9. The van der Waals surface area contributed by atoms with Crippen LogP contribution >= 0.6 is 11.8 Å². The van der Waals surface area contributed by atoms with Crippen LogP contribution in [0.15, 0.2) is 89.8 Å². The van der Waals surface area contributed by atoms with E-state index in [9.17, 15) is 4.79 Å². The minimum Gasteiger partial charge on any atom is -0.444 e. The van der Waals surface area contributed by atoms with Crippen LogP contribution in [-0.2, 0) is 16.9 Å². The zero-order valence-electron chi connectivity index (χ0n) is 19.0. The van der Waals surface area contributed by atoms with Gasteiger partial charge in [-0.3, -0.25) is 0 Å². The number of hydrogen-bond acceptors (Lipinski definition) is 4. The quantitative estimate of drug-likeness (QED) is 0.366. The maximum absolute atomic E-state index is 12.3. The van der Waals surface area contributed by atoms with Crippen molar-refractivity contribution in [3.63, 3.8) is 0 Å². The predicted octanol–water partition coefficient (Wildman–Crippen LogP) is 6.53. The van der Waals surface area contributed by atoms with Crippen molar-refractivity contribution in [1.29, 1.82) is 0 Å². The standard InChI is InChI=1S/C27H32N2O2S/c1-27(2,3)31-26(30)29-24(18-21-10-6-4-7-11-21)19-28-23-14-16-25(17-15-23)32-20-22-12-8-5-9-13-22/h4-17,24,28H,18-20H2,1-3H3,(H,29,30)/t24-/m0/s1. The topological polar surface area (TPSA) is 50.4 Å². The highest BCUT2D eigenvalue weighted by atomic mass is 32.2. The lowest BCUT2D eigenvalue weighted by Crippen LogP contribution is -2.43. The normalized spacial score (nSPS) is 12.1. The summed E-state index contributed by atoms with van der Waals surface area (Å²) < 4.78 is 5.46. The average molecular weight is 449 g/mol. The molecule has 32 heavy (non-hydrogen) atoms. The van der Waals surface area contributed by atoms with Gasteiger partial charge < -0.3 is 15.4 Å². The summed E-state index contributed by atoms with van der Waals surface area (Å²) in [6, 6.07) is 29.0. The highest BCUT2D eigenvalue weighted by molar-refractivity contribution is 7.98. The third kappa shape index (κ3) is 8.67. The predicted molar refractivity (Wildman–Crippen MR) is 134 cm³/mol. The molecular formula is C27H32N2O2S. The molecular weight excluding hydrogens is 416 g/mol. The third-order valence-electron chi connectivity index (χ3n) is 4.70. The number of anilines is 1. The highest BCUT2D eigenvalue weighted by Crippen LogP contribution is 2.24. The van der Waals surface area contributed by atoms with Gasteiger partial charge in [-0.05, 0) is 62.6 Å². The lowest BCUT2D eigenvalue weighted by Gasteiger charge is -2.24. The molecule has 1 atom stereocenters. The molecule has 3 aromatic rings. The van der Waals surface area contributed by atoms with Crippen LogP contribution in [0.25, 0.3) is 0 Å². The maximum atomic E-state index is 12.3. The van der Waals surface area contributed by atoms with Crippen molar-refractivity contribution in [2.75, 3.05) is 11.9 Å².